The van der Waals surface area contributed by atoms with Gasteiger partial charge in [-0.1, -0.05) is 50.1 Å². The highest BCUT2D eigenvalue weighted by Crippen LogP contribution is 2.29. The van der Waals surface area contributed by atoms with Gasteiger partial charge >= 0.3 is 0 Å². The van der Waals surface area contributed by atoms with E-state index in [9.17, 15) is 0 Å². The van der Waals surface area contributed by atoms with Gasteiger partial charge < -0.3 is 5.73 Å². The Morgan fingerprint density at radius 1 is 1.10 bits per heavy atom. The van der Waals surface area contributed by atoms with Gasteiger partial charge in [0.2, 0.25) is 0 Å². The highest BCUT2D eigenvalue weighted by molar-refractivity contribution is 5.36. The lowest BCUT2D eigenvalue weighted by Crippen LogP contribution is -2.17. The third kappa shape index (κ3) is 3.35. The van der Waals surface area contributed by atoms with Crippen molar-refractivity contribution >= 4 is 0 Å². The number of aromatic nitrogens is 2. The number of hydrogen-bond acceptors (Lipinski definition) is 2. The summed E-state index contributed by atoms with van der Waals surface area (Å²) in [5, 5.41) is 4.68. The minimum atomic E-state index is 0.0533. The minimum Gasteiger partial charge on any atom is -0.329 e. The first kappa shape index (κ1) is 15.8. The number of nitrogens with zero attached hydrogens (tertiary/aromatic N) is 2. The third-order valence-electron chi connectivity index (χ3n) is 3.92. The summed E-state index contributed by atoms with van der Waals surface area (Å²) in [5.41, 5.74) is 12.3. The van der Waals surface area contributed by atoms with Crippen LogP contribution in [0.1, 0.15) is 54.8 Å². The number of nitrogens with two attached hydrogens (primary N) is 1. The summed E-state index contributed by atoms with van der Waals surface area (Å²) < 4.78 is 1.98. The van der Waals surface area contributed by atoms with Crippen LogP contribution in [0.4, 0.5) is 0 Å². The molecule has 0 saturated heterocycles. The zero-order valence-corrected chi connectivity index (χ0v) is 14.1. The maximum absolute atomic E-state index is 6.08. The van der Waals surface area contributed by atoms with E-state index in [1.54, 1.807) is 0 Å². The smallest absolute Gasteiger partial charge is 0.0681 e. The van der Waals surface area contributed by atoms with Gasteiger partial charge in [-0.15, -0.1) is 0 Å². The molecule has 0 fully saturated rings. The Balaban J connectivity index is 2.49. The van der Waals surface area contributed by atoms with Crippen LogP contribution in [0.25, 0.3) is 0 Å². The Hall–Kier alpha value is -1.61. The van der Waals surface area contributed by atoms with Crippen LogP contribution in [-0.2, 0) is 12.5 Å². The average molecular weight is 285 g/mol. The average Bonchev–Trinajstić information content (AvgIpc) is 2.71. The third-order valence-corrected chi connectivity index (χ3v) is 3.92. The Kier molecular flexibility index (Phi) is 4.24. The van der Waals surface area contributed by atoms with E-state index in [-0.39, 0.29) is 11.3 Å². The number of rotatable bonds is 3. The second-order valence-electron chi connectivity index (χ2n) is 7.04. The first-order chi connectivity index (χ1) is 9.72. The van der Waals surface area contributed by atoms with E-state index in [0.717, 1.165) is 5.69 Å². The molecule has 0 amide bonds. The van der Waals surface area contributed by atoms with Gasteiger partial charge in [-0.05, 0) is 25.5 Å². The molecule has 2 aromatic rings. The Morgan fingerprint density at radius 2 is 1.67 bits per heavy atom. The van der Waals surface area contributed by atoms with Crippen LogP contribution in [0.15, 0.2) is 24.3 Å². The van der Waals surface area contributed by atoms with Crippen molar-refractivity contribution < 1.29 is 0 Å². The first-order valence-corrected chi connectivity index (χ1v) is 7.55. The van der Waals surface area contributed by atoms with Crippen molar-refractivity contribution in [2.75, 3.05) is 6.54 Å². The fourth-order valence-electron chi connectivity index (χ4n) is 2.81. The summed E-state index contributed by atoms with van der Waals surface area (Å²) >= 11 is 0. The lowest BCUT2D eigenvalue weighted by molar-refractivity contribution is 0.550. The monoisotopic (exact) mass is 285 g/mol. The normalized spacial score (nSPS) is 13.5. The Labute approximate surface area is 128 Å². The standard InChI is InChI=1S/C18H27N3/c1-12-7-13(2)9-14(8-12)15(11-19)16-10-17(18(3,4)5)20-21(16)6/h7-10,15H,11,19H2,1-6H3. The predicted octanol–water partition coefficient (Wildman–Crippen LogP) is 3.43. The van der Waals surface area contributed by atoms with Crippen LogP contribution < -0.4 is 5.73 Å². The zero-order chi connectivity index (χ0) is 15.8. The second-order valence-corrected chi connectivity index (χ2v) is 7.04. The van der Waals surface area contributed by atoms with Gasteiger partial charge in [0.1, 0.15) is 0 Å². The molecule has 1 unspecified atom stereocenters. The molecule has 0 aliphatic heterocycles. The van der Waals surface area contributed by atoms with Crippen molar-refractivity contribution in [2.24, 2.45) is 12.8 Å². The van der Waals surface area contributed by atoms with E-state index in [0.29, 0.717) is 6.54 Å². The van der Waals surface area contributed by atoms with Crippen molar-refractivity contribution in [1.29, 1.82) is 0 Å². The topological polar surface area (TPSA) is 43.8 Å². The van der Waals surface area contributed by atoms with E-state index in [2.05, 4.69) is 64.0 Å². The molecule has 0 aliphatic carbocycles. The van der Waals surface area contributed by atoms with Gasteiger partial charge in [-0.2, -0.15) is 5.10 Å². The second kappa shape index (κ2) is 5.64. The van der Waals surface area contributed by atoms with E-state index in [1.165, 1.54) is 22.4 Å². The van der Waals surface area contributed by atoms with Crippen molar-refractivity contribution in [3.63, 3.8) is 0 Å². The highest BCUT2D eigenvalue weighted by atomic mass is 15.3. The molecule has 1 heterocycles. The molecule has 0 bridgehead atoms. The van der Waals surface area contributed by atoms with Gasteiger partial charge in [0.25, 0.3) is 0 Å². The fraction of sp³-hybridized carbons (Fsp3) is 0.500. The number of hydrogen-bond donors (Lipinski definition) is 1. The minimum absolute atomic E-state index is 0.0533. The molecule has 0 radical (unpaired) electrons. The van der Waals surface area contributed by atoms with E-state index in [4.69, 9.17) is 5.73 Å². The Morgan fingerprint density at radius 3 is 2.10 bits per heavy atom. The molecule has 0 spiro atoms. The van der Waals surface area contributed by atoms with Crippen LogP contribution in [0.5, 0.6) is 0 Å². The lowest BCUT2D eigenvalue weighted by atomic mass is 9.89. The zero-order valence-electron chi connectivity index (χ0n) is 14.1. The van der Waals surface area contributed by atoms with Crippen LogP contribution >= 0.6 is 0 Å². The quantitative estimate of drug-likeness (QED) is 0.939. The summed E-state index contributed by atoms with van der Waals surface area (Å²) in [6.45, 7) is 11.4. The molecular weight excluding hydrogens is 258 g/mol. The van der Waals surface area contributed by atoms with Crippen molar-refractivity contribution in [2.45, 2.75) is 46.0 Å². The van der Waals surface area contributed by atoms with Gasteiger partial charge in [-0.25, -0.2) is 0 Å². The predicted molar refractivity (Wildman–Crippen MR) is 88.7 cm³/mol. The molecule has 0 saturated carbocycles. The van der Waals surface area contributed by atoms with Crippen molar-refractivity contribution in [1.82, 2.24) is 9.78 Å². The fourth-order valence-corrected chi connectivity index (χ4v) is 2.81. The summed E-state index contributed by atoms with van der Waals surface area (Å²) in [6, 6.07) is 8.86. The molecule has 21 heavy (non-hydrogen) atoms. The maximum atomic E-state index is 6.08. The van der Waals surface area contributed by atoms with Gasteiger partial charge in [0.15, 0.2) is 0 Å². The van der Waals surface area contributed by atoms with Gasteiger partial charge in [-0.3, -0.25) is 4.68 Å². The maximum Gasteiger partial charge on any atom is 0.0681 e. The van der Waals surface area contributed by atoms with E-state index in [1.807, 2.05) is 11.7 Å². The van der Waals surface area contributed by atoms with Gasteiger partial charge in [0.05, 0.1) is 5.69 Å². The van der Waals surface area contributed by atoms with Crippen molar-refractivity contribution in [3.05, 3.63) is 52.3 Å². The van der Waals surface area contributed by atoms with Crippen LogP contribution in [-0.4, -0.2) is 16.3 Å². The molecule has 3 nitrogen and oxygen atoms in total. The van der Waals surface area contributed by atoms with Gasteiger partial charge in [0, 0.05) is 30.6 Å². The highest BCUT2D eigenvalue weighted by Gasteiger charge is 2.23. The Bertz CT molecular complexity index is 612. The number of aryl methyl sites for hydroxylation is 3. The molecule has 2 N–H and O–H groups in total. The molecule has 0 aliphatic rings. The largest absolute Gasteiger partial charge is 0.329 e. The van der Waals surface area contributed by atoms with Crippen LogP contribution in [0.3, 0.4) is 0 Å². The lowest BCUT2D eigenvalue weighted by Gasteiger charge is -2.17. The summed E-state index contributed by atoms with van der Waals surface area (Å²) in [6.07, 6.45) is 0. The summed E-state index contributed by atoms with van der Waals surface area (Å²) in [7, 11) is 2.01. The molecular formula is C18H27N3. The number of benzene rings is 1. The SMILES string of the molecule is Cc1cc(C)cc(C(CN)c2cc(C(C)(C)C)nn2C)c1. The van der Waals surface area contributed by atoms with Crippen molar-refractivity contribution in [3.8, 4) is 0 Å². The molecule has 2 rings (SSSR count). The van der Waals surface area contributed by atoms with Crippen LogP contribution in [0.2, 0.25) is 0 Å². The molecule has 1 aromatic carbocycles. The molecule has 1 atom stereocenters. The van der Waals surface area contributed by atoms with Crippen LogP contribution in [0, 0.1) is 13.8 Å². The van der Waals surface area contributed by atoms with E-state index < -0.39 is 0 Å². The van der Waals surface area contributed by atoms with E-state index >= 15 is 0 Å². The summed E-state index contributed by atoms with van der Waals surface area (Å²) in [4.78, 5) is 0. The molecule has 3 heteroatoms. The summed E-state index contributed by atoms with van der Waals surface area (Å²) in [5.74, 6) is 0.192. The molecule has 114 valence electrons. The molecule has 1 aromatic heterocycles. The first-order valence-electron chi connectivity index (χ1n) is 7.55.